The number of hydrogen-bond donors (Lipinski definition) is 0. The van der Waals surface area contributed by atoms with Crippen molar-refractivity contribution >= 4 is 5.91 Å². The fraction of sp³-hybridized carbons (Fsp3) is 0.562. The number of ether oxygens (including phenoxy) is 1. The Morgan fingerprint density at radius 1 is 1.25 bits per heavy atom. The minimum atomic E-state index is -0.218. The van der Waals surface area contributed by atoms with Gasteiger partial charge in [-0.15, -0.1) is 0 Å². The van der Waals surface area contributed by atoms with E-state index in [-0.39, 0.29) is 18.1 Å². The lowest BCUT2D eigenvalue weighted by Gasteiger charge is -2.41. The molecule has 0 spiro atoms. The third-order valence-electron chi connectivity index (χ3n) is 4.26. The molecule has 1 aromatic carbocycles. The van der Waals surface area contributed by atoms with Crippen molar-refractivity contribution in [2.75, 3.05) is 33.3 Å². The minimum absolute atomic E-state index is 0.145. The highest BCUT2D eigenvalue weighted by atomic mass is 16.5. The normalized spacial score (nSPS) is 27.8. The standard InChI is InChI=1S/C16H22N2O2/c1-17-9-10-18(16(19)15-8-5-11-20-15)14(12-17)13-6-3-2-4-7-13/h2-4,6-7,14-15H,5,8-12H2,1H3/t14-,15+/m1/s1. The maximum atomic E-state index is 12.7. The number of likely N-dealkylation sites (N-methyl/N-ethyl adjacent to an activating group) is 1. The van der Waals surface area contributed by atoms with E-state index in [1.807, 2.05) is 23.1 Å². The van der Waals surface area contributed by atoms with Crippen molar-refractivity contribution < 1.29 is 9.53 Å². The molecule has 1 aromatic rings. The lowest BCUT2D eigenvalue weighted by molar-refractivity contribution is -0.146. The Labute approximate surface area is 120 Å². The summed E-state index contributed by atoms with van der Waals surface area (Å²) >= 11 is 0. The first-order valence-corrected chi connectivity index (χ1v) is 7.41. The summed E-state index contributed by atoms with van der Waals surface area (Å²) in [4.78, 5) is 17.0. The van der Waals surface area contributed by atoms with Crippen molar-refractivity contribution in [3.63, 3.8) is 0 Å². The van der Waals surface area contributed by atoms with E-state index in [4.69, 9.17) is 4.74 Å². The molecule has 0 aromatic heterocycles. The molecule has 0 unspecified atom stereocenters. The summed E-state index contributed by atoms with van der Waals surface area (Å²) in [6.45, 7) is 3.33. The molecule has 0 N–H and O–H groups in total. The van der Waals surface area contributed by atoms with Gasteiger partial charge in [-0.2, -0.15) is 0 Å². The van der Waals surface area contributed by atoms with Crippen LogP contribution < -0.4 is 0 Å². The lowest BCUT2D eigenvalue weighted by Crippen LogP contribution is -2.52. The van der Waals surface area contributed by atoms with Crippen molar-refractivity contribution in [2.24, 2.45) is 0 Å². The first-order valence-electron chi connectivity index (χ1n) is 7.41. The van der Waals surface area contributed by atoms with Crippen LogP contribution in [0.3, 0.4) is 0 Å². The van der Waals surface area contributed by atoms with Crippen LogP contribution in [0.25, 0.3) is 0 Å². The van der Waals surface area contributed by atoms with Crippen molar-refractivity contribution in [1.82, 2.24) is 9.80 Å². The van der Waals surface area contributed by atoms with Crippen molar-refractivity contribution in [3.05, 3.63) is 35.9 Å². The predicted octanol–water partition coefficient (Wildman–Crippen LogP) is 1.68. The third-order valence-corrected chi connectivity index (χ3v) is 4.26. The highest BCUT2D eigenvalue weighted by Crippen LogP contribution is 2.27. The van der Waals surface area contributed by atoms with Crippen molar-refractivity contribution in [3.8, 4) is 0 Å². The van der Waals surface area contributed by atoms with Gasteiger partial charge in [0.2, 0.25) is 0 Å². The van der Waals surface area contributed by atoms with E-state index in [1.165, 1.54) is 5.56 Å². The van der Waals surface area contributed by atoms with Gasteiger partial charge in [-0.25, -0.2) is 0 Å². The topological polar surface area (TPSA) is 32.8 Å². The van der Waals surface area contributed by atoms with Crippen LogP contribution in [0.4, 0.5) is 0 Å². The third kappa shape index (κ3) is 2.72. The Morgan fingerprint density at radius 2 is 2.05 bits per heavy atom. The number of amides is 1. The number of carbonyl (C=O) groups is 1. The van der Waals surface area contributed by atoms with Crippen LogP contribution in [-0.2, 0) is 9.53 Å². The summed E-state index contributed by atoms with van der Waals surface area (Å²) in [5.74, 6) is 0.171. The zero-order valence-electron chi connectivity index (χ0n) is 12.0. The van der Waals surface area contributed by atoms with Gasteiger partial charge in [0.25, 0.3) is 5.91 Å². The highest BCUT2D eigenvalue weighted by molar-refractivity contribution is 5.81. The molecule has 4 heteroatoms. The molecule has 2 fully saturated rings. The zero-order chi connectivity index (χ0) is 13.9. The summed E-state index contributed by atoms with van der Waals surface area (Å²) in [6.07, 6.45) is 1.65. The van der Waals surface area contributed by atoms with Crippen LogP contribution in [0.5, 0.6) is 0 Å². The molecule has 2 atom stereocenters. The molecule has 0 bridgehead atoms. The van der Waals surface area contributed by atoms with E-state index in [0.29, 0.717) is 0 Å². The van der Waals surface area contributed by atoms with Crippen LogP contribution in [-0.4, -0.2) is 55.1 Å². The number of hydrogen-bond acceptors (Lipinski definition) is 3. The monoisotopic (exact) mass is 274 g/mol. The average molecular weight is 274 g/mol. The molecule has 3 rings (SSSR count). The van der Waals surface area contributed by atoms with Crippen LogP contribution in [0, 0.1) is 0 Å². The summed E-state index contributed by atoms with van der Waals surface area (Å²) in [5.41, 5.74) is 1.21. The van der Waals surface area contributed by atoms with Gasteiger partial charge in [0, 0.05) is 26.2 Å². The molecule has 1 amide bonds. The first-order chi connectivity index (χ1) is 9.75. The quantitative estimate of drug-likeness (QED) is 0.822. The van der Waals surface area contributed by atoms with Crippen molar-refractivity contribution in [1.29, 1.82) is 0 Å². The van der Waals surface area contributed by atoms with Gasteiger partial charge in [-0.3, -0.25) is 4.79 Å². The molecule has 4 nitrogen and oxygen atoms in total. The molecule has 2 aliphatic heterocycles. The van der Waals surface area contributed by atoms with E-state index in [1.54, 1.807) is 0 Å². The molecular weight excluding hydrogens is 252 g/mol. The second kappa shape index (κ2) is 5.94. The minimum Gasteiger partial charge on any atom is -0.368 e. The fourth-order valence-corrected chi connectivity index (χ4v) is 3.10. The number of nitrogens with zero attached hydrogens (tertiary/aromatic N) is 2. The SMILES string of the molecule is CN1CCN(C(=O)[C@@H]2CCCO2)[C@@H](c2ccccc2)C1. The highest BCUT2D eigenvalue weighted by Gasteiger charge is 2.35. The molecule has 20 heavy (non-hydrogen) atoms. The summed E-state index contributed by atoms with van der Waals surface area (Å²) < 4.78 is 5.57. The summed E-state index contributed by atoms with van der Waals surface area (Å²) in [5, 5.41) is 0. The van der Waals surface area contributed by atoms with E-state index in [9.17, 15) is 4.79 Å². The Kier molecular flexibility index (Phi) is 4.03. The molecule has 0 saturated carbocycles. The maximum absolute atomic E-state index is 12.7. The summed E-state index contributed by atoms with van der Waals surface area (Å²) in [7, 11) is 2.11. The van der Waals surface area contributed by atoms with Crippen LogP contribution in [0.15, 0.2) is 30.3 Å². The van der Waals surface area contributed by atoms with Crippen molar-refractivity contribution in [2.45, 2.75) is 25.0 Å². The Hall–Kier alpha value is -1.39. The van der Waals surface area contributed by atoms with E-state index in [2.05, 4.69) is 24.1 Å². The van der Waals surface area contributed by atoms with E-state index in [0.717, 1.165) is 39.1 Å². The fourth-order valence-electron chi connectivity index (χ4n) is 3.10. The Morgan fingerprint density at radius 3 is 2.75 bits per heavy atom. The largest absolute Gasteiger partial charge is 0.368 e. The Balaban J connectivity index is 1.81. The first kappa shape index (κ1) is 13.6. The van der Waals surface area contributed by atoms with Crippen LogP contribution >= 0.6 is 0 Å². The van der Waals surface area contributed by atoms with Gasteiger partial charge in [0.05, 0.1) is 6.04 Å². The van der Waals surface area contributed by atoms with Gasteiger partial charge >= 0.3 is 0 Å². The maximum Gasteiger partial charge on any atom is 0.252 e. The van der Waals surface area contributed by atoms with Crippen LogP contribution in [0.2, 0.25) is 0 Å². The smallest absolute Gasteiger partial charge is 0.252 e. The van der Waals surface area contributed by atoms with Gasteiger partial charge in [0.1, 0.15) is 6.10 Å². The molecule has 2 aliphatic rings. The molecule has 0 radical (unpaired) electrons. The molecule has 108 valence electrons. The van der Waals surface area contributed by atoms with Gasteiger partial charge in [-0.1, -0.05) is 30.3 Å². The van der Waals surface area contributed by atoms with E-state index >= 15 is 0 Å². The molecular formula is C16H22N2O2. The van der Waals surface area contributed by atoms with E-state index < -0.39 is 0 Å². The van der Waals surface area contributed by atoms with Crippen LogP contribution in [0.1, 0.15) is 24.4 Å². The van der Waals surface area contributed by atoms with Gasteiger partial charge in [0.15, 0.2) is 0 Å². The number of benzene rings is 1. The second-order valence-electron chi connectivity index (χ2n) is 5.72. The molecule has 0 aliphatic carbocycles. The zero-order valence-corrected chi connectivity index (χ0v) is 12.0. The number of piperazine rings is 1. The second-order valence-corrected chi connectivity index (χ2v) is 5.72. The predicted molar refractivity (Wildman–Crippen MR) is 77.4 cm³/mol. The summed E-state index contributed by atoms with van der Waals surface area (Å²) in [6, 6.07) is 10.5. The molecule has 2 heterocycles. The Bertz CT molecular complexity index is 457. The van der Waals surface area contributed by atoms with Gasteiger partial charge in [-0.05, 0) is 25.5 Å². The average Bonchev–Trinajstić information content (AvgIpc) is 3.02. The van der Waals surface area contributed by atoms with Gasteiger partial charge < -0.3 is 14.5 Å². The molecule has 2 saturated heterocycles. The lowest BCUT2D eigenvalue weighted by atomic mass is 10.0. The number of rotatable bonds is 2. The number of carbonyl (C=O) groups excluding carboxylic acids is 1.